The minimum absolute atomic E-state index is 0.0338. The largest absolute Gasteiger partial charge is 0.342 e. The summed E-state index contributed by atoms with van der Waals surface area (Å²) < 4.78 is 1.85. The zero-order valence-corrected chi connectivity index (χ0v) is 12.9. The number of aryl methyl sites for hydroxylation is 1. The highest BCUT2D eigenvalue weighted by molar-refractivity contribution is 5.93. The molecule has 1 fully saturated rings. The SMILES string of the molecule is Cc1cccnc1C(NC(=O)c1cn2ccccc2n1)C1CC1. The Morgan fingerprint density at radius 3 is 2.91 bits per heavy atom. The summed E-state index contributed by atoms with van der Waals surface area (Å²) in [4.78, 5) is 21.5. The van der Waals surface area contributed by atoms with Crippen molar-refractivity contribution >= 4 is 11.6 Å². The molecule has 5 nitrogen and oxygen atoms in total. The van der Waals surface area contributed by atoms with E-state index in [4.69, 9.17) is 0 Å². The summed E-state index contributed by atoms with van der Waals surface area (Å²) in [6.45, 7) is 2.04. The Hall–Kier alpha value is -2.69. The lowest BCUT2D eigenvalue weighted by atomic mass is 10.0. The van der Waals surface area contributed by atoms with E-state index in [1.165, 1.54) is 0 Å². The summed E-state index contributed by atoms with van der Waals surface area (Å²) in [6.07, 6.45) is 7.70. The molecule has 1 saturated carbocycles. The monoisotopic (exact) mass is 306 g/mol. The van der Waals surface area contributed by atoms with Crippen molar-refractivity contribution in [2.75, 3.05) is 0 Å². The third-order valence-electron chi connectivity index (χ3n) is 4.32. The van der Waals surface area contributed by atoms with Crippen molar-refractivity contribution < 1.29 is 4.79 Å². The highest BCUT2D eigenvalue weighted by Crippen LogP contribution is 2.41. The van der Waals surface area contributed by atoms with Crippen LogP contribution in [0.2, 0.25) is 0 Å². The van der Waals surface area contributed by atoms with Crippen molar-refractivity contribution in [3.63, 3.8) is 0 Å². The van der Waals surface area contributed by atoms with E-state index < -0.39 is 0 Å². The molecule has 1 amide bonds. The molecular formula is C18H18N4O. The van der Waals surface area contributed by atoms with Gasteiger partial charge in [0, 0.05) is 18.6 Å². The average molecular weight is 306 g/mol. The molecule has 116 valence electrons. The molecule has 0 spiro atoms. The summed E-state index contributed by atoms with van der Waals surface area (Å²) in [5.41, 5.74) is 3.29. The van der Waals surface area contributed by atoms with Crippen LogP contribution in [0.4, 0.5) is 0 Å². The van der Waals surface area contributed by atoms with Crippen LogP contribution in [0, 0.1) is 12.8 Å². The maximum atomic E-state index is 12.6. The van der Waals surface area contributed by atoms with Gasteiger partial charge in [-0.3, -0.25) is 9.78 Å². The van der Waals surface area contributed by atoms with E-state index in [1.807, 2.05) is 47.9 Å². The number of fused-ring (bicyclic) bond motifs is 1. The van der Waals surface area contributed by atoms with E-state index in [0.717, 1.165) is 29.7 Å². The smallest absolute Gasteiger partial charge is 0.272 e. The van der Waals surface area contributed by atoms with Gasteiger partial charge in [-0.05, 0) is 49.4 Å². The molecule has 3 aromatic heterocycles. The highest BCUT2D eigenvalue weighted by atomic mass is 16.2. The van der Waals surface area contributed by atoms with Crippen molar-refractivity contribution in [2.24, 2.45) is 5.92 Å². The number of amides is 1. The molecule has 0 bridgehead atoms. The van der Waals surface area contributed by atoms with Crippen molar-refractivity contribution in [2.45, 2.75) is 25.8 Å². The fraction of sp³-hybridized carbons (Fsp3) is 0.278. The number of hydrogen-bond donors (Lipinski definition) is 1. The quantitative estimate of drug-likeness (QED) is 0.806. The van der Waals surface area contributed by atoms with Gasteiger partial charge in [-0.2, -0.15) is 0 Å². The molecule has 1 N–H and O–H groups in total. The zero-order chi connectivity index (χ0) is 15.8. The van der Waals surface area contributed by atoms with E-state index in [2.05, 4.69) is 15.3 Å². The number of carbonyl (C=O) groups excluding carboxylic acids is 1. The lowest BCUT2D eigenvalue weighted by molar-refractivity contribution is 0.0926. The predicted octanol–water partition coefficient (Wildman–Crippen LogP) is 2.92. The van der Waals surface area contributed by atoms with Crippen molar-refractivity contribution in [1.29, 1.82) is 0 Å². The molecule has 5 heteroatoms. The fourth-order valence-electron chi connectivity index (χ4n) is 2.92. The van der Waals surface area contributed by atoms with Crippen LogP contribution in [0.5, 0.6) is 0 Å². The van der Waals surface area contributed by atoms with Crippen LogP contribution in [0.25, 0.3) is 5.65 Å². The van der Waals surface area contributed by atoms with Gasteiger partial charge in [-0.15, -0.1) is 0 Å². The number of carbonyl (C=O) groups is 1. The summed E-state index contributed by atoms with van der Waals surface area (Å²) in [7, 11) is 0. The number of nitrogens with zero attached hydrogens (tertiary/aromatic N) is 3. The highest BCUT2D eigenvalue weighted by Gasteiger charge is 2.35. The number of nitrogens with one attached hydrogen (secondary N) is 1. The molecule has 1 atom stereocenters. The number of rotatable bonds is 4. The number of hydrogen-bond acceptors (Lipinski definition) is 3. The Morgan fingerprint density at radius 2 is 2.17 bits per heavy atom. The Bertz CT molecular complexity index is 833. The van der Waals surface area contributed by atoms with Gasteiger partial charge in [0.1, 0.15) is 11.3 Å². The molecule has 0 aromatic carbocycles. The van der Waals surface area contributed by atoms with Crippen LogP contribution in [0.1, 0.15) is 40.6 Å². The lowest BCUT2D eigenvalue weighted by Gasteiger charge is -2.19. The van der Waals surface area contributed by atoms with E-state index in [0.29, 0.717) is 11.6 Å². The van der Waals surface area contributed by atoms with Crippen LogP contribution in [0.15, 0.2) is 48.9 Å². The zero-order valence-electron chi connectivity index (χ0n) is 12.9. The third-order valence-corrected chi connectivity index (χ3v) is 4.32. The maximum absolute atomic E-state index is 12.6. The van der Waals surface area contributed by atoms with Gasteiger partial charge in [-0.25, -0.2) is 4.98 Å². The number of pyridine rings is 2. The molecule has 0 radical (unpaired) electrons. The Balaban J connectivity index is 1.61. The summed E-state index contributed by atoms with van der Waals surface area (Å²) in [6, 6.07) is 9.64. The molecule has 0 aliphatic heterocycles. The average Bonchev–Trinajstić information content (AvgIpc) is 3.31. The molecule has 1 unspecified atom stereocenters. The van der Waals surface area contributed by atoms with Gasteiger partial charge in [0.05, 0.1) is 11.7 Å². The van der Waals surface area contributed by atoms with Gasteiger partial charge >= 0.3 is 0 Å². The first-order chi connectivity index (χ1) is 11.2. The van der Waals surface area contributed by atoms with E-state index >= 15 is 0 Å². The molecule has 23 heavy (non-hydrogen) atoms. The molecule has 4 rings (SSSR count). The van der Waals surface area contributed by atoms with Gasteiger partial charge in [0.25, 0.3) is 5.91 Å². The van der Waals surface area contributed by atoms with E-state index in [1.54, 1.807) is 12.4 Å². The van der Waals surface area contributed by atoms with Crippen LogP contribution < -0.4 is 5.32 Å². The van der Waals surface area contributed by atoms with Gasteiger partial charge < -0.3 is 9.72 Å². The predicted molar refractivity (Wildman–Crippen MR) is 87.1 cm³/mol. The number of aromatic nitrogens is 3. The maximum Gasteiger partial charge on any atom is 0.272 e. The van der Waals surface area contributed by atoms with Gasteiger partial charge in [0.15, 0.2) is 0 Å². The summed E-state index contributed by atoms with van der Waals surface area (Å²) >= 11 is 0. The molecule has 0 saturated heterocycles. The second kappa shape index (κ2) is 5.50. The Morgan fingerprint density at radius 1 is 1.30 bits per heavy atom. The van der Waals surface area contributed by atoms with Crippen LogP contribution in [-0.2, 0) is 0 Å². The third kappa shape index (κ3) is 2.70. The van der Waals surface area contributed by atoms with Crippen LogP contribution >= 0.6 is 0 Å². The Kier molecular flexibility index (Phi) is 3.33. The van der Waals surface area contributed by atoms with Gasteiger partial charge in [0.2, 0.25) is 0 Å². The van der Waals surface area contributed by atoms with Crippen LogP contribution in [-0.4, -0.2) is 20.3 Å². The first kappa shape index (κ1) is 13.9. The molecule has 3 heterocycles. The summed E-state index contributed by atoms with van der Waals surface area (Å²) in [5, 5.41) is 3.14. The first-order valence-corrected chi connectivity index (χ1v) is 7.88. The minimum Gasteiger partial charge on any atom is -0.342 e. The second-order valence-electron chi connectivity index (χ2n) is 6.09. The normalized spacial score (nSPS) is 15.5. The van der Waals surface area contributed by atoms with E-state index in [-0.39, 0.29) is 11.9 Å². The Labute approximate surface area is 134 Å². The molecule has 1 aliphatic rings. The minimum atomic E-state index is -0.143. The van der Waals surface area contributed by atoms with Crippen molar-refractivity contribution in [3.8, 4) is 0 Å². The van der Waals surface area contributed by atoms with E-state index in [9.17, 15) is 4.79 Å². The fourth-order valence-corrected chi connectivity index (χ4v) is 2.92. The van der Waals surface area contributed by atoms with Crippen molar-refractivity contribution in [3.05, 3.63) is 65.9 Å². The molecule has 1 aliphatic carbocycles. The molecule has 3 aromatic rings. The second-order valence-corrected chi connectivity index (χ2v) is 6.09. The first-order valence-electron chi connectivity index (χ1n) is 7.88. The lowest BCUT2D eigenvalue weighted by Crippen LogP contribution is -2.31. The topological polar surface area (TPSA) is 59.3 Å². The van der Waals surface area contributed by atoms with Gasteiger partial charge in [-0.1, -0.05) is 12.1 Å². The standard InChI is InChI=1S/C18H18N4O/c1-12-5-4-9-19-16(12)17(13-7-8-13)21-18(23)14-11-22-10-3-2-6-15(22)20-14/h2-6,9-11,13,17H,7-8H2,1H3,(H,21,23). The summed E-state index contributed by atoms with van der Waals surface area (Å²) in [5.74, 6) is 0.334. The number of imidazole rings is 1. The van der Waals surface area contributed by atoms with Crippen LogP contribution in [0.3, 0.4) is 0 Å². The van der Waals surface area contributed by atoms with Crippen molar-refractivity contribution in [1.82, 2.24) is 19.7 Å². The molecular weight excluding hydrogens is 288 g/mol.